The van der Waals surface area contributed by atoms with Crippen molar-refractivity contribution >= 4 is 28.7 Å². The monoisotopic (exact) mass is 471 g/mol. The molecule has 0 aliphatic heterocycles. The zero-order chi connectivity index (χ0) is 25.3. The third kappa shape index (κ3) is 7.32. The van der Waals surface area contributed by atoms with Crippen LogP contribution in [-0.4, -0.2) is 61.6 Å². The molecule has 0 amide bonds. The molecule has 3 rings (SSSR count). The molecule has 0 unspecified atom stereocenters. The fraction of sp³-hybridized carbons (Fsp3) is 0.250. The summed E-state index contributed by atoms with van der Waals surface area (Å²) in [6.07, 6.45) is 1.12. The van der Waals surface area contributed by atoms with E-state index in [-0.39, 0.29) is 24.9 Å². The SMILES string of the molecule is CC(C)c1cc(-c2ccc(F)c3ccccc23)nc(NC(CO)CO)n1.O=C(O)/C=C\C(=O)O. The number of aliphatic carboxylic acids is 2. The summed E-state index contributed by atoms with van der Waals surface area (Å²) in [6.45, 7) is 3.57. The van der Waals surface area contributed by atoms with E-state index in [1.165, 1.54) is 6.07 Å². The Morgan fingerprint density at radius 3 is 2.09 bits per heavy atom. The molecular formula is C24H26FN3O6. The van der Waals surface area contributed by atoms with Crippen molar-refractivity contribution < 1.29 is 34.4 Å². The molecule has 1 aromatic heterocycles. The van der Waals surface area contributed by atoms with Gasteiger partial charge in [-0.3, -0.25) is 0 Å². The normalized spacial score (nSPS) is 11.0. The van der Waals surface area contributed by atoms with Crippen LogP contribution in [0.4, 0.5) is 10.3 Å². The molecule has 9 nitrogen and oxygen atoms in total. The van der Waals surface area contributed by atoms with Gasteiger partial charge >= 0.3 is 11.9 Å². The average molecular weight is 471 g/mol. The number of hydrogen-bond donors (Lipinski definition) is 5. The minimum absolute atomic E-state index is 0.158. The summed E-state index contributed by atoms with van der Waals surface area (Å²) in [6, 6.07) is 11.8. The van der Waals surface area contributed by atoms with Crippen molar-refractivity contribution in [1.82, 2.24) is 9.97 Å². The zero-order valence-electron chi connectivity index (χ0n) is 18.6. The number of rotatable bonds is 8. The maximum Gasteiger partial charge on any atom is 0.328 e. The molecule has 5 N–H and O–H groups in total. The Bertz CT molecular complexity index is 1160. The van der Waals surface area contributed by atoms with Crippen LogP contribution in [0.1, 0.15) is 25.5 Å². The van der Waals surface area contributed by atoms with Gasteiger partial charge in [-0.1, -0.05) is 38.1 Å². The van der Waals surface area contributed by atoms with E-state index in [1.807, 2.05) is 32.0 Å². The van der Waals surface area contributed by atoms with Gasteiger partial charge in [0.25, 0.3) is 0 Å². The molecular weight excluding hydrogens is 445 g/mol. The highest BCUT2D eigenvalue weighted by atomic mass is 19.1. The number of benzene rings is 2. The fourth-order valence-electron chi connectivity index (χ4n) is 2.92. The maximum absolute atomic E-state index is 14.1. The molecule has 0 fully saturated rings. The number of nitrogens with zero attached hydrogens (tertiary/aromatic N) is 2. The highest BCUT2D eigenvalue weighted by molar-refractivity contribution is 5.96. The van der Waals surface area contributed by atoms with Crippen molar-refractivity contribution in [3.63, 3.8) is 0 Å². The van der Waals surface area contributed by atoms with Crippen LogP contribution in [0.5, 0.6) is 0 Å². The van der Waals surface area contributed by atoms with Gasteiger partial charge in [-0.15, -0.1) is 0 Å². The smallest absolute Gasteiger partial charge is 0.328 e. The maximum atomic E-state index is 14.1. The minimum Gasteiger partial charge on any atom is -0.478 e. The van der Waals surface area contributed by atoms with Crippen LogP contribution in [0, 0.1) is 5.82 Å². The summed E-state index contributed by atoms with van der Waals surface area (Å²) in [7, 11) is 0. The molecule has 2 aromatic carbocycles. The second kappa shape index (κ2) is 12.4. The van der Waals surface area contributed by atoms with Gasteiger partial charge in [-0.2, -0.15) is 0 Å². The molecule has 0 aliphatic carbocycles. The van der Waals surface area contributed by atoms with Gasteiger partial charge in [0.15, 0.2) is 0 Å². The molecule has 3 aromatic rings. The third-order valence-electron chi connectivity index (χ3n) is 4.63. The summed E-state index contributed by atoms with van der Waals surface area (Å²) in [5, 5.41) is 38.5. The highest BCUT2D eigenvalue weighted by Gasteiger charge is 2.15. The van der Waals surface area contributed by atoms with E-state index in [9.17, 15) is 24.2 Å². The lowest BCUT2D eigenvalue weighted by atomic mass is 10.00. The van der Waals surface area contributed by atoms with Crippen LogP contribution in [0.2, 0.25) is 0 Å². The van der Waals surface area contributed by atoms with E-state index in [4.69, 9.17) is 10.2 Å². The van der Waals surface area contributed by atoms with Crippen LogP contribution in [0.15, 0.2) is 54.6 Å². The molecule has 0 saturated carbocycles. The molecule has 0 radical (unpaired) electrons. The van der Waals surface area contributed by atoms with Crippen LogP contribution in [0.3, 0.4) is 0 Å². The Hall–Kier alpha value is -3.89. The fourth-order valence-corrected chi connectivity index (χ4v) is 2.92. The molecule has 0 bridgehead atoms. The van der Waals surface area contributed by atoms with Gasteiger partial charge in [0.05, 0.1) is 24.9 Å². The highest BCUT2D eigenvalue weighted by Crippen LogP contribution is 2.31. The van der Waals surface area contributed by atoms with Crippen LogP contribution in [-0.2, 0) is 9.59 Å². The number of aliphatic hydroxyl groups excluding tert-OH is 2. The number of fused-ring (bicyclic) bond motifs is 1. The predicted octanol–water partition coefficient (Wildman–Crippen LogP) is 3.04. The molecule has 1 heterocycles. The number of anilines is 1. The van der Waals surface area contributed by atoms with Crippen molar-refractivity contribution in [2.24, 2.45) is 0 Å². The van der Waals surface area contributed by atoms with Gasteiger partial charge < -0.3 is 25.7 Å². The first kappa shape index (κ1) is 26.4. The summed E-state index contributed by atoms with van der Waals surface area (Å²) >= 11 is 0. The lowest BCUT2D eigenvalue weighted by molar-refractivity contribution is -0.134. The molecule has 34 heavy (non-hydrogen) atoms. The first-order valence-corrected chi connectivity index (χ1v) is 10.3. The lowest BCUT2D eigenvalue weighted by Gasteiger charge is -2.16. The topological polar surface area (TPSA) is 153 Å². The van der Waals surface area contributed by atoms with Crippen molar-refractivity contribution in [2.75, 3.05) is 18.5 Å². The summed E-state index contributed by atoms with van der Waals surface area (Å²) in [5.74, 6) is -2.31. The van der Waals surface area contributed by atoms with Gasteiger partial charge in [-0.25, -0.2) is 23.9 Å². The van der Waals surface area contributed by atoms with E-state index in [0.717, 1.165) is 16.6 Å². The number of halogens is 1. The van der Waals surface area contributed by atoms with Crippen LogP contribution < -0.4 is 5.32 Å². The largest absolute Gasteiger partial charge is 0.478 e. The van der Waals surface area contributed by atoms with Gasteiger partial charge in [0.2, 0.25) is 5.95 Å². The minimum atomic E-state index is -1.26. The number of nitrogens with one attached hydrogen (secondary N) is 1. The second-order valence-corrected chi connectivity index (χ2v) is 7.51. The van der Waals surface area contributed by atoms with Gasteiger partial charge in [0, 0.05) is 28.8 Å². The number of aromatic nitrogens is 2. The van der Waals surface area contributed by atoms with E-state index in [0.29, 0.717) is 29.2 Å². The van der Waals surface area contributed by atoms with Crippen molar-refractivity contribution in [2.45, 2.75) is 25.8 Å². The van der Waals surface area contributed by atoms with Gasteiger partial charge in [-0.05, 0) is 29.5 Å². The summed E-state index contributed by atoms with van der Waals surface area (Å²) in [5.41, 5.74) is 2.29. The molecule has 0 atom stereocenters. The molecule has 0 spiro atoms. The Balaban J connectivity index is 0.000000440. The Labute approximate surface area is 195 Å². The van der Waals surface area contributed by atoms with E-state index >= 15 is 0 Å². The second-order valence-electron chi connectivity index (χ2n) is 7.51. The lowest BCUT2D eigenvalue weighted by Crippen LogP contribution is -2.29. The van der Waals surface area contributed by atoms with E-state index < -0.39 is 18.0 Å². The Morgan fingerprint density at radius 2 is 1.56 bits per heavy atom. The number of aliphatic hydroxyl groups is 2. The molecule has 180 valence electrons. The van der Waals surface area contributed by atoms with Crippen molar-refractivity contribution in [3.05, 3.63) is 66.1 Å². The number of hydrogen-bond acceptors (Lipinski definition) is 7. The average Bonchev–Trinajstić information content (AvgIpc) is 2.81. The molecule has 10 heteroatoms. The first-order valence-electron chi connectivity index (χ1n) is 10.3. The molecule has 0 saturated heterocycles. The van der Waals surface area contributed by atoms with Gasteiger partial charge in [0.1, 0.15) is 5.82 Å². The van der Waals surface area contributed by atoms with E-state index in [2.05, 4.69) is 15.3 Å². The zero-order valence-corrected chi connectivity index (χ0v) is 18.6. The van der Waals surface area contributed by atoms with Crippen LogP contribution >= 0.6 is 0 Å². The first-order chi connectivity index (χ1) is 16.2. The Morgan fingerprint density at radius 1 is 0.971 bits per heavy atom. The standard InChI is InChI=1S/C20H22FN3O2.C4H4O4/c1-12(2)18-9-19(24-20(23-18)22-13(10-25)11-26)16-7-8-17(21)15-6-4-3-5-14(15)16;5-3(6)1-2-4(7)8/h3-9,12-13,25-26H,10-11H2,1-2H3,(H,22,23,24);1-2H,(H,5,6)(H,7,8)/b;2-1-. The third-order valence-corrected chi connectivity index (χ3v) is 4.63. The summed E-state index contributed by atoms with van der Waals surface area (Å²) < 4.78 is 14.1. The van der Waals surface area contributed by atoms with Crippen molar-refractivity contribution in [3.8, 4) is 11.3 Å². The predicted molar refractivity (Wildman–Crippen MR) is 125 cm³/mol. The summed E-state index contributed by atoms with van der Waals surface area (Å²) in [4.78, 5) is 28.1. The quantitative estimate of drug-likeness (QED) is 0.312. The number of carboxylic acid groups (broad SMARTS) is 2. The Kier molecular flexibility index (Phi) is 9.60. The van der Waals surface area contributed by atoms with Crippen molar-refractivity contribution in [1.29, 1.82) is 0 Å². The molecule has 0 aliphatic rings. The van der Waals surface area contributed by atoms with Crippen LogP contribution in [0.25, 0.3) is 22.0 Å². The number of carboxylic acids is 2. The number of carbonyl (C=O) groups is 2. The van der Waals surface area contributed by atoms with E-state index in [1.54, 1.807) is 18.2 Å².